The Morgan fingerprint density at radius 2 is 2.45 bits per heavy atom. The lowest BCUT2D eigenvalue weighted by atomic mass is 10.2. The second-order valence-electron chi connectivity index (χ2n) is 3.17. The quantitative estimate of drug-likeness (QED) is 0.663. The van der Waals surface area contributed by atoms with E-state index in [1.165, 1.54) is 12.8 Å². The monoisotopic (exact) mass is 157 g/mol. The maximum Gasteiger partial charge on any atom is 0.304 e. The van der Waals surface area contributed by atoms with Crippen LogP contribution in [-0.2, 0) is 4.79 Å². The molecule has 0 radical (unpaired) electrons. The van der Waals surface area contributed by atoms with Gasteiger partial charge in [0.1, 0.15) is 0 Å². The molecule has 1 aliphatic heterocycles. The summed E-state index contributed by atoms with van der Waals surface area (Å²) in [7, 11) is 0. The first-order chi connectivity index (χ1) is 5.20. The van der Waals surface area contributed by atoms with Gasteiger partial charge in [-0.1, -0.05) is 0 Å². The van der Waals surface area contributed by atoms with Crippen molar-refractivity contribution in [3.05, 3.63) is 0 Å². The number of likely N-dealkylation sites (tertiary alicyclic amines) is 1. The molecule has 1 fully saturated rings. The number of rotatable bonds is 3. The first-order valence-electron chi connectivity index (χ1n) is 4.16. The van der Waals surface area contributed by atoms with Crippen molar-refractivity contribution < 1.29 is 9.90 Å². The molecule has 0 amide bonds. The minimum atomic E-state index is -0.691. The van der Waals surface area contributed by atoms with E-state index >= 15 is 0 Å². The number of aliphatic carboxylic acids is 1. The Morgan fingerprint density at radius 1 is 1.73 bits per heavy atom. The van der Waals surface area contributed by atoms with Crippen LogP contribution in [0.3, 0.4) is 0 Å². The molecule has 0 aliphatic carbocycles. The van der Waals surface area contributed by atoms with E-state index in [1.807, 2.05) is 0 Å². The lowest BCUT2D eigenvalue weighted by Gasteiger charge is -2.19. The Balaban J connectivity index is 2.20. The molecular weight excluding hydrogens is 142 g/mol. The Hall–Kier alpha value is -0.570. The number of carboxylic acids is 1. The van der Waals surface area contributed by atoms with Gasteiger partial charge in [-0.3, -0.25) is 4.79 Å². The van der Waals surface area contributed by atoms with Crippen molar-refractivity contribution in [3.8, 4) is 0 Å². The van der Waals surface area contributed by atoms with Crippen molar-refractivity contribution in [2.45, 2.75) is 32.2 Å². The highest BCUT2D eigenvalue weighted by molar-refractivity contribution is 5.66. The number of hydrogen-bond donors (Lipinski definition) is 1. The van der Waals surface area contributed by atoms with Gasteiger partial charge in [0.2, 0.25) is 0 Å². The average Bonchev–Trinajstić information content (AvgIpc) is 2.31. The Bertz CT molecular complexity index is 147. The van der Waals surface area contributed by atoms with Crippen LogP contribution in [0.15, 0.2) is 0 Å². The third-order valence-electron chi connectivity index (χ3n) is 2.30. The van der Waals surface area contributed by atoms with E-state index in [-0.39, 0.29) is 6.42 Å². The first kappa shape index (κ1) is 8.53. The summed E-state index contributed by atoms with van der Waals surface area (Å²) < 4.78 is 0. The third-order valence-corrected chi connectivity index (χ3v) is 2.30. The van der Waals surface area contributed by atoms with Crippen LogP contribution in [0.4, 0.5) is 0 Å². The smallest absolute Gasteiger partial charge is 0.304 e. The van der Waals surface area contributed by atoms with Gasteiger partial charge in [-0.25, -0.2) is 0 Å². The Morgan fingerprint density at radius 3 is 2.91 bits per heavy atom. The summed E-state index contributed by atoms with van der Waals surface area (Å²) in [5.74, 6) is -0.691. The minimum Gasteiger partial charge on any atom is -0.481 e. The van der Waals surface area contributed by atoms with Gasteiger partial charge in [-0.2, -0.15) is 0 Å². The van der Waals surface area contributed by atoms with Gasteiger partial charge < -0.3 is 10.0 Å². The zero-order chi connectivity index (χ0) is 8.27. The van der Waals surface area contributed by atoms with Crippen LogP contribution in [0.2, 0.25) is 0 Å². The van der Waals surface area contributed by atoms with E-state index in [4.69, 9.17) is 5.11 Å². The Labute approximate surface area is 67.0 Å². The van der Waals surface area contributed by atoms with Crippen molar-refractivity contribution in [2.75, 3.05) is 13.1 Å². The van der Waals surface area contributed by atoms with E-state index in [1.54, 1.807) is 0 Å². The van der Waals surface area contributed by atoms with Gasteiger partial charge in [0, 0.05) is 12.6 Å². The van der Waals surface area contributed by atoms with Crippen molar-refractivity contribution in [1.82, 2.24) is 4.90 Å². The van der Waals surface area contributed by atoms with Crippen LogP contribution in [0, 0.1) is 0 Å². The summed E-state index contributed by atoms with van der Waals surface area (Å²) in [5.41, 5.74) is 0. The first-order valence-corrected chi connectivity index (χ1v) is 4.16. The maximum atomic E-state index is 10.2. The predicted octanol–water partition coefficient (Wildman–Crippen LogP) is 0.945. The predicted molar refractivity (Wildman–Crippen MR) is 42.5 cm³/mol. The number of nitrogens with zero attached hydrogens (tertiary/aromatic N) is 1. The van der Waals surface area contributed by atoms with Crippen molar-refractivity contribution >= 4 is 5.97 Å². The van der Waals surface area contributed by atoms with Gasteiger partial charge in [0.25, 0.3) is 0 Å². The van der Waals surface area contributed by atoms with Gasteiger partial charge in [-0.15, -0.1) is 0 Å². The van der Waals surface area contributed by atoms with E-state index in [0.29, 0.717) is 6.04 Å². The van der Waals surface area contributed by atoms with Crippen molar-refractivity contribution in [2.24, 2.45) is 0 Å². The molecule has 0 saturated carbocycles. The van der Waals surface area contributed by atoms with E-state index in [2.05, 4.69) is 11.8 Å². The highest BCUT2D eigenvalue weighted by Gasteiger charge is 2.19. The fourth-order valence-corrected chi connectivity index (χ4v) is 1.56. The molecule has 0 spiro atoms. The number of carboxylic acid groups (broad SMARTS) is 1. The lowest BCUT2D eigenvalue weighted by Crippen LogP contribution is -2.29. The molecule has 0 unspecified atom stereocenters. The average molecular weight is 157 g/mol. The molecule has 1 N–H and O–H groups in total. The molecule has 0 aromatic rings. The minimum absolute atomic E-state index is 0.282. The molecule has 0 aromatic carbocycles. The van der Waals surface area contributed by atoms with E-state index < -0.39 is 5.97 Å². The topological polar surface area (TPSA) is 40.5 Å². The SMILES string of the molecule is C[C@@H]1CCCN1CCC(=O)O. The number of carbonyl (C=O) groups is 1. The lowest BCUT2D eigenvalue weighted by molar-refractivity contribution is -0.137. The second kappa shape index (κ2) is 3.72. The van der Waals surface area contributed by atoms with Crippen LogP contribution < -0.4 is 0 Å². The zero-order valence-corrected chi connectivity index (χ0v) is 6.92. The fraction of sp³-hybridized carbons (Fsp3) is 0.875. The van der Waals surface area contributed by atoms with Crippen LogP contribution in [-0.4, -0.2) is 35.1 Å². The summed E-state index contributed by atoms with van der Waals surface area (Å²) in [6, 6.07) is 0.592. The molecule has 1 rings (SSSR count). The third kappa shape index (κ3) is 2.50. The fourth-order valence-electron chi connectivity index (χ4n) is 1.56. The molecule has 3 heteroatoms. The molecule has 11 heavy (non-hydrogen) atoms. The highest BCUT2D eigenvalue weighted by Crippen LogP contribution is 2.15. The summed E-state index contributed by atoms with van der Waals surface area (Å²) >= 11 is 0. The molecule has 1 heterocycles. The molecular formula is C8H15NO2. The molecule has 1 saturated heterocycles. The summed E-state index contributed by atoms with van der Waals surface area (Å²) in [4.78, 5) is 12.5. The molecule has 64 valence electrons. The van der Waals surface area contributed by atoms with Crippen molar-refractivity contribution in [1.29, 1.82) is 0 Å². The van der Waals surface area contributed by atoms with Crippen LogP contribution in [0.5, 0.6) is 0 Å². The summed E-state index contributed by atoms with van der Waals surface area (Å²) in [6.45, 7) is 3.96. The summed E-state index contributed by atoms with van der Waals surface area (Å²) in [6.07, 6.45) is 2.73. The van der Waals surface area contributed by atoms with Gasteiger partial charge >= 0.3 is 5.97 Å². The van der Waals surface area contributed by atoms with E-state index in [9.17, 15) is 4.79 Å². The molecule has 1 atom stereocenters. The molecule has 3 nitrogen and oxygen atoms in total. The van der Waals surface area contributed by atoms with Crippen LogP contribution >= 0.6 is 0 Å². The zero-order valence-electron chi connectivity index (χ0n) is 6.92. The molecule has 0 aromatic heterocycles. The van der Waals surface area contributed by atoms with Crippen LogP contribution in [0.1, 0.15) is 26.2 Å². The van der Waals surface area contributed by atoms with Gasteiger partial charge in [0.05, 0.1) is 6.42 Å². The largest absolute Gasteiger partial charge is 0.481 e. The summed E-state index contributed by atoms with van der Waals surface area (Å²) in [5, 5.41) is 8.43. The Kier molecular flexibility index (Phi) is 2.88. The normalized spacial score (nSPS) is 25.7. The van der Waals surface area contributed by atoms with E-state index in [0.717, 1.165) is 13.1 Å². The van der Waals surface area contributed by atoms with Gasteiger partial charge in [0.15, 0.2) is 0 Å². The second-order valence-corrected chi connectivity index (χ2v) is 3.17. The molecule has 0 bridgehead atoms. The molecule has 1 aliphatic rings. The van der Waals surface area contributed by atoms with Crippen molar-refractivity contribution in [3.63, 3.8) is 0 Å². The van der Waals surface area contributed by atoms with Gasteiger partial charge in [-0.05, 0) is 26.3 Å². The maximum absolute atomic E-state index is 10.2. The standard InChI is InChI=1S/C8H15NO2/c1-7-3-2-5-9(7)6-4-8(10)11/h7H,2-6H2,1H3,(H,10,11)/t7-/m1/s1. The number of hydrogen-bond acceptors (Lipinski definition) is 2. The highest BCUT2D eigenvalue weighted by atomic mass is 16.4. The van der Waals surface area contributed by atoms with Crippen LogP contribution in [0.25, 0.3) is 0 Å².